The Morgan fingerprint density at radius 3 is 2.57 bits per heavy atom. The second kappa shape index (κ2) is 6.50. The van der Waals surface area contributed by atoms with Gasteiger partial charge in [-0.1, -0.05) is 48.1 Å². The highest BCUT2D eigenvalue weighted by molar-refractivity contribution is 7.16. The van der Waals surface area contributed by atoms with Crippen LogP contribution in [0, 0.1) is 6.92 Å². The van der Waals surface area contributed by atoms with E-state index < -0.39 is 0 Å². The summed E-state index contributed by atoms with van der Waals surface area (Å²) >= 11 is 1.57. The monoisotopic (exact) mass is 324 g/mol. The molecule has 0 saturated heterocycles. The van der Waals surface area contributed by atoms with Crippen molar-refractivity contribution in [3.8, 4) is 0 Å². The van der Waals surface area contributed by atoms with Crippen LogP contribution in [0.25, 0.3) is 10.2 Å². The van der Waals surface area contributed by atoms with Gasteiger partial charge in [-0.15, -0.1) is 0 Å². The Kier molecular flexibility index (Phi) is 4.44. The summed E-state index contributed by atoms with van der Waals surface area (Å²) in [7, 11) is 0. The van der Waals surface area contributed by atoms with Crippen molar-refractivity contribution in [3.05, 3.63) is 64.5 Å². The minimum absolute atomic E-state index is 0.186. The highest BCUT2D eigenvalue weighted by Gasteiger charge is 2.12. The van der Waals surface area contributed by atoms with Gasteiger partial charge in [0.25, 0.3) is 5.91 Å². The van der Waals surface area contributed by atoms with E-state index in [0.29, 0.717) is 11.6 Å². The minimum Gasteiger partial charge on any atom is -0.314 e. The van der Waals surface area contributed by atoms with Crippen LogP contribution in [0.3, 0.4) is 0 Å². The molecule has 1 amide bonds. The molecule has 1 aromatic heterocycles. The number of benzene rings is 2. The topological polar surface area (TPSA) is 34.4 Å². The minimum atomic E-state index is -0.186. The first kappa shape index (κ1) is 15.7. The average molecular weight is 324 g/mol. The second-order valence-electron chi connectivity index (χ2n) is 5.76. The zero-order chi connectivity index (χ0) is 16.4. The van der Waals surface area contributed by atoms with Crippen LogP contribution in [0.1, 0.15) is 42.2 Å². The summed E-state index contributed by atoms with van der Waals surface area (Å²) in [6.07, 6.45) is 0.993. The number of fused-ring (bicyclic) bond motifs is 1. The van der Waals surface area contributed by atoms with Crippen molar-refractivity contribution in [3.63, 3.8) is 0 Å². The van der Waals surface area contributed by atoms with Crippen molar-refractivity contribution >= 4 is 27.5 Å². The molecule has 4 heteroatoms. The normalized spacial score (nSPS) is 13.4. The number of amides is 1. The van der Waals surface area contributed by atoms with Gasteiger partial charge < -0.3 is 4.57 Å². The summed E-state index contributed by atoms with van der Waals surface area (Å²) < 4.78 is 3.33. The quantitative estimate of drug-likeness (QED) is 0.686. The average Bonchev–Trinajstić information content (AvgIpc) is 2.92. The van der Waals surface area contributed by atoms with Crippen LogP contribution in [-0.4, -0.2) is 10.5 Å². The Bertz CT molecular complexity index is 903. The van der Waals surface area contributed by atoms with Gasteiger partial charge in [-0.25, -0.2) is 0 Å². The third-order valence-electron chi connectivity index (χ3n) is 4.06. The highest BCUT2D eigenvalue weighted by atomic mass is 32.1. The molecule has 3 nitrogen and oxygen atoms in total. The third-order valence-corrected chi connectivity index (χ3v) is 5.10. The van der Waals surface area contributed by atoms with Crippen molar-refractivity contribution in [2.75, 3.05) is 0 Å². The van der Waals surface area contributed by atoms with Crippen molar-refractivity contribution in [1.82, 2.24) is 4.57 Å². The van der Waals surface area contributed by atoms with Gasteiger partial charge in [-0.2, -0.15) is 4.99 Å². The fourth-order valence-corrected chi connectivity index (χ4v) is 3.65. The summed E-state index contributed by atoms with van der Waals surface area (Å²) in [4.78, 5) is 17.7. The zero-order valence-corrected chi connectivity index (χ0v) is 14.4. The van der Waals surface area contributed by atoms with Gasteiger partial charge in [0, 0.05) is 11.6 Å². The maximum atomic E-state index is 12.5. The van der Waals surface area contributed by atoms with Crippen molar-refractivity contribution < 1.29 is 4.79 Å². The lowest BCUT2D eigenvalue weighted by atomic mass is 10.1. The predicted octanol–water partition coefficient (Wildman–Crippen LogP) is 4.72. The Morgan fingerprint density at radius 2 is 1.87 bits per heavy atom. The molecule has 1 atom stereocenters. The van der Waals surface area contributed by atoms with Crippen LogP contribution in [0.5, 0.6) is 0 Å². The number of para-hydroxylation sites is 1. The zero-order valence-electron chi connectivity index (χ0n) is 13.6. The van der Waals surface area contributed by atoms with Gasteiger partial charge in [0.1, 0.15) is 0 Å². The van der Waals surface area contributed by atoms with Gasteiger partial charge in [-0.3, -0.25) is 4.79 Å². The maximum Gasteiger partial charge on any atom is 0.279 e. The predicted molar refractivity (Wildman–Crippen MR) is 95.9 cm³/mol. The van der Waals surface area contributed by atoms with E-state index in [4.69, 9.17) is 0 Å². The molecule has 23 heavy (non-hydrogen) atoms. The van der Waals surface area contributed by atoms with Crippen molar-refractivity contribution in [2.45, 2.75) is 33.2 Å². The summed E-state index contributed by atoms with van der Waals surface area (Å²) in [6, 6.07) is 16.1. The van der Waals surface area contributed by atoms with Crippen LogP contribution in [-0.2, 0) is 0 Å². The lowest BCUT2D eigenvalue weighted by Gasteiger charge is -2.12. The molecule has 0 aliphatic rings. The number of carbonyl (C=O) groups is 1. The van der Waals surface area contributed by atoms with E-state index in [-0.39, 0.29) is 5.91 Å². The molecule has 2 aromatic carbocycles. The summed E-state index contributed by atoms with van der Waals surface area (Å²) in [5, 5.41) is 0. The molecule has 0 fully saturated rings. The van der Waals surface area contributed by atoms with E-state index in [1.54, 1.807) is 11.3 Å². The lowest BCUT2D eigenvalue weighted by Crippen LogP contribution is -2.20. The van der Waals surface area contributed by atoms with E-state index in [1.807, 2.05) is 43.3 Å². The number of hydrogen-bond acceptors (Lipinski definition) is 2. The molecule has 0 saturated carbocycles. The van der Waals surface area contributed by atoms with Crippen LogP contribution < -0.4 is 4.80 Å². The molecule has 3 rings (SSSR count). The summed E-state index contributed by atoms with van der Waals surface area (Å²) in [5.74, 6) is -0.186. The number of rotatable bonds is 3. The fraction of sp³-hybridized carbons (Fsp3) is 0.263. The number of aromatic nitrogens is 1. The molecule has 118 valence electrons. The van der Waals surface area contributed by atoms with E-state index in [2.05, 4.69) is 35.5 Å². The van der Waals surface area contributed by atoms with Crippen molar-refractivity contribution in [2.24, 2.45) is 4.99 Å². The molecule has 0 spiro atoms. The van der Waals surface area contributed by atoms with Gasteiger partial charge in [-0.05, 0) is 44.5 Å². The Labute approximate surface area is 139 Å². The Morgan fingerprint density at radius 1 is 1.17 bits per heavy atom. The van der Waals surface area contributed by atoms with Crippen LogP contribution >= 0.6 is 11.3 Å². The number of aryl methyl sites for hydroxylation is 1. The molecule has 0 aliphatic carbocycles. The molecule has 0 N–H and O–H groups in total. The Hall–Kier alpha value is -2.20. The first-order chi connectivity index (χ1) is 11.1. The van der Waals surface area contributed by atoms with E-state index in [0.717, 1.165) is 27.0 Å². The largest absolute Gasteiger partial charge is 0.314 e. The van der Waals surface area contributed by atoms with E-state index >= 15 is 0 Å². The third kappa shape index (κ3) is 3.13. The van der Waals surface area contributed by atoms with Gasteiger partial charge in [0.2, 0.25) is 0 Å². The molecule has 0 bridgehead atoms. The lowest BCUT2D eigenvalue weighted by molar-refractivity contribution is 0.0997. The number of carbonyl (C=O) groups excluding carboxylic acids is 1. The fourth-order valence-electron chi connectivity index (χ4n) is 2.53. The van der Waals surface area contributed by atoms with Crippen molar-refractivity contribution in [1.29, 1.82) is 0 Å². The number of nitrogens with zero attached hydrogens (tertiary/aromatic N) is 2. The van der Waals surface area contributed by atoms with Gasteiger partial charge in [0.15, 0.2) is 4.80 Å². The molecule has 0 aliphatic heterocycles. The smallest absolute Gasteiger partial charge is 0.279 e. The SMILES string of the molecule is CCC(C)n1c(=NC(=O)c2ccc(C)cc2)sc2ccccc21. The molecule has 1 heterocycles. The number of thiazole rings is 1. The van der Waals surface area contributed by atoms with Crippen LogP contribution in [0.15, 0.2) is 53.5 Å². The summed E-state index contributed by atoms with van der Waals surface area (Å²) in [5.41, 5.74) is 2.91. The standard InChI is InChI=1S/C19H20N2OS/c1-4-14(3)21-16-7-5-6-8-17(16)23-19(21)20-18(22)15-11-9-13(2)10-12-15/h5-12,14H,4H2,1-3H3. The maximum absolute atomic E-state index is 12.5. The van der Waals surface area contributed by atoms with E-state index in [1.165, 1.54) is 0 Å². The molecule has 1 unspecified atom stereocenters. The highest BCUT2D eigenvalue weighted by Crippen LogP contribution is 2.22. The van der Waals surface area contributed by atoms with Gasteiger partial charge >= 0.3 is 0 Å². The molecular formula is C19H20N2OS. The van der Waals surface area contributed by atoms with Gasteiger partial charge in [0.05, 0.1) is 10.2 Å². The second-order valence-corrected chi connectivity index (χ2v) is 6.77. The van der Waals surface area contributed by atoms with Crippen LogP contribution in [0.4, 0.5) is 0 Å². The number of hydrogen-bond donors (Lipinski definition) is 0. The molecular weight excluding hydrogens is 304 g/mol. The first-order valence-corrected chi connectivity index (χ1v) is 8.67. The first-order valence-electron chi connectivity index (χ1n) is 7.86. The molecule has 0 radical (unpaired) electrons. The summed E-state index contributed by atoms with van der Waals surface area (Å²) in [6.45, 7) is 6.32. The van der Waals surface area contributed by atoms with Crippen LogP contribution in [0.2, 0.25) is 0 Å². The molecule has 3 aromatic rings. The van der Waals surface area contributed by atoms with E-state index in [9.17, 15) is 4.79 Å². The Balaban J connectivity index is 2.14.